The number of aromatic amines is 1. The Bertz CT molecular complexity index is 1800. The predicted octanol–water partition coefficient (Wildman–Crippen LogP) is 2.88. The Balaban J connectivity index is 1.20. The van der Waals surface area contributed by atoms with Gasteiger partial charge in [-0.25, -0.2) is 8.42 Å². The van der Waals surface area contributed by atoms with E-state index in [1.807, 2.05) is 36.5 Å². The second-order valence-corrected chi connectivity index (χ2v) is 12.6. The van der Waals surface area contributed by atoms with E-state index in [2.05, 4.69) is 35.9 Å². The number of aromatic nitrogens is 2. The minimum atomic E-state index is -4.23. The highest BCUT2D eigenvalue weighted by atomic mass is 32.2. The second-order valence-electron chi connectivity index (χ2n) is 11.0. The van der Waals surface area contributed by atoms with Crippen molar-refractivity contribution in [2.24, 2.45) is 4.99 Å². The number of carbonyl (C=O) groups is 2. The molecule has 1 amide bonds. The lowest BCUT2D eigenvalue weighted by atomic mass is 10.0. The van der Waals surface area contributed by atoms with Gasteiger partial charge in [0.2, 0.25) is 10.0 Å². The van der Waals surface area contributed by atoms with E-state index in [4.69, 9.17) is 0 Å². The van der Waals surface area contributed by atoms with Crippen LogP contribution in [0.3, 0.4) is 0 Å². The van der Waals surface area contributed by atoms with Crippen molar-refractivity contribution >= 4 is 39.0 Å². The van der Waals surface area contributed by atoms with Crippen LogP contribution in [0.15, 0.2) is 70.6 Å². The van der Waals surface area contributed by atoms with Gasteiger partial charge in [0, 0.05) is 30.3 Å². The van der Waals surface area contributed by atoms with E-state index < -0.39 is 34.5 Å². The molecule has 6 N–H and O–H groups in total. The predicted molar refractivity (Wildman–Crippen MR) is 173 cm³/mol. The summed E-state index contributed by atoms with van der Waals surface area (Å²) in [7, 11) is -4.23. The van der Waals surface area contributed by atoms with Crippen molar-refractivity contribution in [1.29, 1.82) is 0 Å². The number of aryl methyl sites for hydroxylation is 3. The number of benzene rings is 3. The van der Waals surface area contributed by atoms with Crippen LogP contribution in [0, 0.1) is 13.8 Å². The molecule has 13 heteroatoms. The molecule has 236 valence electrons. The Morgan fingerprint density at radius 1 is 1.04 bits per heavy atom. The molecule has 0 saturated carbocycles. The highest BCUT2D eigenvalue weighted by molar-refractivity contribution is 7.89. The fraction of sp³-hybridized carbons (Fsp3) is 0.312. The number of fused-ring (bicyclic) bond motifs is 1. The lowest BCUT2D eigenvalue weighted by Gasteiger charge is -2.19. The lowest BCUT2D eigenvalue weighted by Crippen LogP contribution is -2.48. The number of hydrogen-bond acceptors (Lipinski definition) is 8. The number of nitrogens with one attached hydrogen (secondary N) is 5. The molecule has 2 unspecified atom stereocenters. The van der Waals surface area contributed by atoms with E-state index in [9.17, 15) is 23.1 Å². The summed E-state index contributed by atoms with van der Waals surface area (Å²) >= 11 is 0. The van der Waals surface area contributed by atoms with E-state index in [1.165, 1.54) is 0 Å². The molecule has 2 heterocycles. The summed E-state index contributed by atoms with van der Waals surface area (Å²) in [6.07, 6.45) is 4.35. The summed E-state index contributed by atoms with van der Waals surface area (Å²) in [6.45, 7) is 4.55. The number of rotatable bonds is 13. The number of hydrogen-bond donors (Lipinski definition) is 6. The number of carboxylic acids is 1. The fourth-order valence-electron chi connectivity index (χ4n) is 5.44. The maximum absolute atomic E-state index is 13.4. The minimum Gasteiger partial charge on any atom is -0.480 e. The number of carbonyl (C=O) groups excluding carboxylic acids is 1. The zero-order valence-electron chi connectivity index (χ0n) is 25.1. The first kappa shape index (κ1) is 32.0. The fourth-order valence-corrected chi connectivity index (χ4v) is 7.08. The van der Waals surface area contributed by atoms with E-state index in [1.54, 1.807) is 44.2 Å². The quantitative estimate of drug-likeness (QED) is 0.122. The van der Waals surface area contributed by atoms with Gasteiger partial charge in [0.1, 0.15) is 6.04 Å². The van der Waals surface area contributed by atoms with E-state index in [0.29, 0.717) is 16.6 Å². The van der Waals surface area contributed by atoms with Gasteiger partial charge >= 0.3 is 5.97 Å². The second kappa shape index (κ2) is 14.1. The number of aliphatic imine (C=N–C) groups is 1. The van der Waals surface area contributed by atoms with Crippen molar-refractivity contribution in [3.8, 4) is 11.1 Å². The maximum Gasteiger partial charge on any atom is 0.323 e. The largest absolute Gasteiger partial charge is 0.480 e. The summed E-state index contributed by atoms with van der Waals surface area (Å²) in [6, 6.07) is 16.6. The Morgan fingerprint density at radius 2 is 1.80 bits per heavy atom. The van der Waals surface area contributed by atoms with Crippen LogP contribution in [0.25, 0.3) is 22.0 Å². The molecule has 2 atom stereocenters. The van der Waals surface area contributed by atoms with Gasteiger partial charge in [0.05, 0.1) is 16.1 Å². The number of nitrogens with zero attached hydrogens (tertiary/aromatic N) is 2. The van der Waals surface area contributed by atoms with Crippen molar-refractivity contribution < 1.29 is 23.1 Å². The van der Waals surface area contributed by atoms with Crippen molar-refractivity contribution in [3.63, 3.8) is 0 Å². The molecule has 12 nitrogen and oxygen atoms in total. The Morgan fingerprint density at radius 3 is 2.49 bits per heavy atom. The summed E-state index contributed by atoms with van der Waals surface area (Å²) in [5, 5.41) is 27.2. The first-order valence-electron chi connectivity index (χ1n) is 14.8. The molecule has 3 aromatic carbocycles. The first-order chi connectivity index (χ1) is 21.6. The van der Waals surface area contributed by atoms with Gasteiger partial charge in [-0.15, -0.1) is 0 Å². The summed E-state index contributed by atoms with van der Waals surface area (Å²) in [4.78, 5) is 29.4. The van der Waals surface area contributed by atoms with Gasteiger partial charge in [-0.1, -0.05) is 48.5 Å². The lowest BCUT2D eigenvalue weighted by molar-refractivity contribution is -0.138. The standard InChI is InChI=1S/C32H37N7O5S/c1-20-16-24(22-8-4-3-5-9-22)17-21(2)29(20)45(43,44)39-28(31(41)42)19-36-30(40)23-11-12-25-26(37-38-27(25)18-23)10-6-13-33-32-34-14-7-15-35-32/h3-5,8-9,11-12,14,16-18,28,32-33,35,39H,6-7,10,13,15,19H2,1-2H3,(H,36,40)(H,37,38)(H,41,42). The van der Waals surface area contributed by atoms with E-state index in [0.717, 1.165) is 54.6 Å². The highest BCUT2D eigenvalue weighted by Gasteiger charge is 2.28. The molecule has 1 aliphatic heterocycles. The van der Waals surface area contributed by atoms with Gasteiger partial charge in [-0.3, -0.25) is 30.3 Å². The highest BCUT2D eigenvalue weighted by Crippen LogP contribution is 2.28. The molecule has 1 aliphatic rings. The third-order valence-corrected chi connectivity index (χ3v) is 9.37. The summed E-state index contributed by atoms with van der Waals surface area (Å²) < 4.78 is 29.0. The average molecular weight is 632 g/mol. The topological polar surface area (TPSA) is 178 Å². The number of sulfonamides is 1. The van der Waals surface area contributed by atoms with Gasteiger partial charge in [0.15, 0.2) is 6.29 Å². The minimum absolute atomic E-state index is 0.00944. The zero-order chi connectivity index (χ0) is 32.0. The smallest absolute Gasteiger partial charge is 0.323 e. The van der Waals surface area contributed by atoms with Crippen molar-refractivity contribution in [1.82, 2.24) is 30.9 Å². The number of aliphatic carboxylic acids is 1. The van der Waals surface area contributed by atoms with E-state index >= 15 is 0 Å². The third kappa shape index (κ3) is 7.81. The molecule has 5 rings (SSSR count). The Hall–Kier alpha value is -4.43. The summed E-state index contributed by atoms with van der Waals surface area (Å²) in [5.41, 5.74) is 4.59. The first-order valence-corrected chi connectivity index (χ1v) is 16.3. The molecule has 0 aliphatic carbocycles. The van der Waals surface area contributed by atoms with Crippen LogP contribution in [0.4, 0.5) is 0 Å². The van der Waals surface area contributed by atoms with E-state index in [-0.39, 0.29) is 16.7 Å². The molecule has 0 radical (unpaired) electrons. The van der Waals surface area contributed by atoms with Crippen LogP contribution >= 0.6 is 0 Å². The molecule has 0 fully saturated rings. The number of amides is 1. The monoisotopic (exact) mass is 631 g/mol. The molecule has 4 aromatic rings. The summed E-state index contributed by atoms with van der Waals surface area (Å²) in [5.74, 6) is -1.95. The molecular formula is C32H37N7O5S. The van der Waals surface area contributed by atoms with Crippen LogP contribution in [0.2, 0.25) is 0 Å². The molecular weight excluding hydrogens is 594 g/mol. The maximum atomic E-state index is 13.4. The SMILES string of the molecule is Cc1cc(-c2ccccc2)cc(C)c1S(=O)(=O)NC(CNC(=O)c1ccc2c(CCCNC3N=CCCN3)n[nH]c2c1)C(=O)O. The molecule has 0 spiro atoms. The number of carboxylic acid groups (broad SMARTS) is 1. The van der Waals surface area contributed by atoms with Crippen LogP contribution in [-0.2, 0) is 21.2 Å². The van der Waals surface area contributed by atoms with Crippen LogP contribution in [0.1, 0.15) is 40.0 Å². The Kier molecular flexibility index (Phi) is 10.0. The third-order valence-electron chi connectivity index (χ3n) is 7.60. The molecule has 0 bridgehead atoms. The van der Waals surface area contributed by atoms with Crippen LogP contribution < -0.4 is 20.7 Å². The average Bonchev–Trinajstić information content (AvgIpc) is 3.43. The van der Waals surface area contributed by atoms with Crippen molar-refractivity contribution in [2.45, 2.75) is 50.3 Å². The normalized spacial score (nSPS) is 15.6. The molecule has 45 heavy (non-hydrogen) atoms. The van der Waals surface area contributed by atoms with Gasteiger partial charge in [-0.2, -0.15) is 9.82 Å². The van der Waals surface area contributed by atoms with Crippen LogP contribution in [0.5, 0.6) is 0 Å². The van der Waals surface area contributed by atoms with Gasteiger partial charge in [-0.05, 0) is 74.0 Å². The molecule has 1 aromatic heterocycles. The van der Waals surface area contributed by atoms with Gasteiger partial charge in [0.25, 0.3) is 5.91 Å². The Labute approximate surface area is 261 Å². The number of H-pyrrole nitrogens is 1. The van der Waals surface area contributed by atoms with Crippen molar-refractivity contribution in [2.75, 3.05) is 19.6 Å². The van der Waals surface area contributed by atoms with Crippen molar-refractivity contribution in [3.05, 3.63) is 83.0 Å². The zero-order valence-corrected chi connectivity index (χ0v) is 25.9. The van der Waals surface area contributed by atoms with Gasteiger partial charge < -0.3 is 10.4 Å². The molecule has 0 saturated heterocycles. The van der Waals surface area contributed by atoms with Crippen LogP contribution in [-0.4, -0.2) is 73.8 Å².